The van der Waals surface area contributed by atoms with Gasteiger partial charge in [-0.25, -0.2) is 0 Å². The van der Waals surface area contributed by atoms with Crippen molar-refractivity contribution in [3.8, 4) is 5.75 Å². The van der Waals surface area contributed by atoms with Crippen LogP contribution in [0, 0.1) is 34.4 Å². The summed E-state index contributed by atoms with van der Waals surface area (Å²) in [6.45, 7) is 15.1. The number of hydrogen-bond acceptors (Lipinski definition) is 4. The van der Waals surface area contributed by atoms with Gasteiger partial charge in [-0.3, -0.25) is 0 Å². The van der Waals surface area contributed by atoms with Gasteiger partial charge in [0.1, 0.15) is 12.4 Å². The highest BCUT2D eigenvalue weighted by atomic mass is 16.5. The first-order valence-electron chi connectivity index (χ1n) is 9.12. The molecular weight excluding hydrogens is 324 g/mol. The van der Waals surface area contributed by atoms with Gasteiger partial charge in [-0.05, 0) is 50.5 Å². The number of ether oxygens (including phenoxy) is 2. The van der Waals surface area contributed by atoms with E-state index in [4.69, 9.17) is 9.47 Å². The van der Waals surface area contributed by atoms with Gasteiger partial charge in [-0.15, -0.1) is 0 Å². The number of benzene rings is 2. The molecule has 0 unspecified atom stereocenters. The second-order valence-corrected chi connectivity index (χ2v) is 6.91. The van der Waals surface area contributed by atoms with Crippen LogP contribution in [-0.4, -0.2) is 33.4 Å². The lowest BCUT2D eigenvalue weighted by Gasteiger charge is -2.25. The van der Waals surface area contributed by atoms with Crippen LogP contribution in [0.3, 0.4) is 0 Å². The van der Waals surface area contributed by atoms with E-state index < -0.39 is 0 Å². The Bertz CT molecular complexity index is 750. The second-order valence-electron chi connectivity index (χ2n) is 6.91. The molecule has 1 aliphatic heterocycles. The summed E-state index contributed by atoms with van der Waals surface area (Å²) < 4.78 is 11.1. The molecule has 1 fully saturated rings. The van der Waals surface area contributed by atoms with Crippen molar-refractivity contribution in [3.05, 3.63) is 59.3 Å². The van der Waals surface area contributed by atoms with E-state index in [0.29, 0.717) is 13.2 Å². The van der Waals surface area contributed by atoms with E-state index in [9.17, 15) is 0 Å². The average Bonchev–Trinajstić information content (AvgIpc) is 3.03. The van der Waals surface area contributed by atoms with Gasteiger partial charge in [-0.1, -0.05) is 29.8 Å². The van der Waals surface area contributed by atoms with Crippen LogP contribution in [-0.2, 0) is 4.74 Å². The maximum atomic E-state index is 5.95. The molecule has 3 rings (SSSR count). The lowest BCUT2D eigenvalue weighted by molar-refractivity contribution is 0.146. The fourth-order valence-corrected chi connectivity index (χ4v) is 3.70. The number of nitrogens with zero attached hydrogens (tertiary/aromatic N) is 2. The Morgan fingerprint density at radius 3 is 2.19 bits per heavy atom. The van der Waals surface area contributed by atoms with E-state index in [-0.39, 0.29) is 0 Å². The van der Waals surface area contributed by atoms with Gasteiger partial charge >= 0.3 is 0 Å². The largest absolute Gasteiger partial charge is 0.489 e. The second kappa shape index (κ2) is 8.00. The molecule has 0 amide bonds. The minimum atomic E-state index is 0.542. The number of para-hydroxylation sites is 1. The molecular formula is C22H28N2O2. The van der Waals surface area contributed by atoms with Gasteiger partial charge < -0.3 is 19.3 Å². The fourth-order valence-electron chi connectivity index (χ4n) is 3.70. The third-order valence-corrected chi connectivity index (χ3v) is 4.71. The molecule has 2 aromatic rings. The van der Waals surface area contributed by atoms with Gasteiger partial charge in [0.05, 0.1) is 12.3 Å². The molecule has 0 aliphatic carbocycles. The zero-order chi connectivity index (χ0) is 18.7. The van der Waals surface area contributed by atoms with E-state index >= 15 is 0 Å². The maximum Gasteiger partial charge on any atom is 0.209 e. The zero-order valence-electron chi connectivity index (χ0n) is 16.4. The SMILES string of the molecule is COCCOc1cccc(C)c1N1[C]N(c2c(C)cc(C)cc2C)CC1. The summed E-state index contributed by atoms with van der Waals surface area (Å²) in [5.74, 6) is 0.883. The molecule has 1 saturated heterocycles. The van der Waals surface area contributed by atoms with Crippen LogP contribution in [0.4, 0.5) is 11.4 Å². The van der Waals surface area contributed by atoms with Crippen molar-refractivity contribution in [1.29, 1.82) is 0 Å². The van der Waals surface area contributed by atoms with Gasteiger partial charge in [0.15, 0.2) is 0 Å². The molecule has 0 spiro atoms. The molecule has 0 bridgehead atoms. The molecule has 0 aromatic heterocycles. The Hall–Kier alpha value is -2.20. The van der Waals surface area contributed by atoms with Gasteiger partial charge in [-0.2, -0.15) is 0 Å². The van der Waals surface area contributed by atoms with Crippen LogP contribution in [0.1, 0.15) is 22.3 Å². The van der Waals surface area contributed by atoms with Crippen molar-refractivity contribution in [2.75, 3.05) is 43.2 Å². The lowest BCUT2D eigenvalue weighted by atomic mass is 10.0. The van der Waals surface area contributed by atoms with Crippen LogP contribution >= 0.6 is 0 Å². The van der Waals surface area contributed by atoms with Crippen molar-refractivity contribution < 1.29 is 9.47 Å². The summed E-state index contributed by atoms with van der Waals surface area (Å²) in [4.78, 5) is 4.41. The lowest BCUT2D eigenvalue weighted by Crippen LogP contribution is -2.21. The Balaban J connectivity index is 1.83. The molecule has 4 heteroatoms. The first kappa shape index (κ1) is 18.6. The van der Waals surface area contributed by atoms with E-state index in [2.05, 4.69) is 62.4 Å². The predicted octanol–water partition coefficient (Wildman–Crippen LogP) is 4.27. The average molecular weight is 352 g/mol. The Morgan fingerprint density at radius 2 is 1.54 bits per heavy atom. The summed E-state index contributed by atoms with van der Waals surface area (Å²) >= 11 is 0. The highest BCUT2D eigenvalue weighted by Crippen LogP contribution is 2.37. The molecule has 2 aromatic carbocycles. The fraction of sp³-hybridized carbons (Fsp3) is 0.409. The number of anilines is 2. The normalized spacial score (nSPS) is 14.2. The summed E-state index contributed by atoms with van der Waals surface area (Å²) in [6.07, 6.45) is 0. The van der Waals surface area contributed by atoms with Crippen molar-refractivity contribution in [1.82, 2.24) is 0 Å². The molecule has 0 N–H and O–H groups in total. The zero-order valence-corrected chi connectivity index (χ0v) is 16.4. The third kappa shape index (κ3) is 3.80. The van der Waals surface area contributed by atoms with Gasteiger partial charge in [0.2, 0.25) is 6.67 Å². The minimum Gasteiger partial charge on any atom is -0.489 e. The molecule has 1 aliphatic rings. The summed E-state index contributed by atoms with van der Waals surface area (Å²) in [7, 11) is 1.69. The molecule has 138 valence electrons. The molecule has 0 atom stereocenters. The first-order valence-corrected chi connectivity index (χ1v) is 9.12. The van der Waals surface area contributed by atoms with Crippen LogP contribution < -0.4 is 14.5 Å². The van der Waals surface area contributed by atoms with Crippen molar-refractivity contribution >= 4 is 11.4 Å². The molecule has 26 heavy (non-hydrogen) atoms. The topological polar surface area (TPSA) is 24.9 Å². The smallest absolute Gasteiger partial charge is 0.209 e. The number of rotatable bonds is 6. The van der Waals surface area contributed by atoms with Crippen molar-refractivity contribution in [2.24, 2.45) is 0 Å². The van der Waals surface area contributed by atoms with Gasteiger partial charge in [0.25, 0.3) is 0 Å². The molecule has 1 heterocycles. The van der Waals surface area contributed by atoms with E-state index in [1.807, 2.05) is 12.1 Å². The van der Waals surface area contributed by atoms with E-state index in [1.54, 1.807) is 7.11 Å². The van der Waals surface area contributed by atoms with Crippen LogP contribution in [0.15, 0.2) is 30.3 Å². The quantitative estimate of drug-likeness (QED) is 0.725. The maximum absolute atomic E-state index is 5.95. The number of methoxy groups -OCH3 is 1. The Labute approximate surface area is 157 Å². The van der Waals surface area contributed by atoms with Crippen LogP contribution in [0.2, 0.25) is 0 Å². The van der Waals surface area contributed by atoms with Gasteiger partial charge in [0, 0.05) is 25.9 Å². The Kier molecular flexibility index (Phi) is 5.72. The summed E-state index contributed by atoms with van der Waals surface area (Å²) in [5, 5.41) is 0. The summed E-state index contributed by atoms with van der Waals surface area (Å²) in [6, 6.07) is 10.6. The Morgan fingerprint density at radius 1 is 0.885 bits per heavy atom. The van der Waals surface area contributed by atoms with E-state index in [1.165, 1.54) is 27.9 Å². The first-order chi connectivity index (χ1) is 12.5. The van der Waals surface area contributed by atoms with Crippen molar-refractivity contribution in [3.63, 3.8) is 0 Å². The minimum absolute atomic E-state index is 0.542. The standard InChI is InChI=1S/C22H28N2O2/c1-16-13-18(3)21(19(4)14-16)23-9-10-24(15-23)22-17(2)7-6-8-20(22)26-12-11-25-5/h6-8,13-14H,9-12H2,1-5H3. The summed E-state index contributed by atoms with van der Waals surface area (Å²) in [5.41, 5.74) is 7.41. The monoisotopic (exact) mass is 352 g/mol. The number of aryl methyl sites for hydroxylation is 4. The van der Waals surface area contributed by atoms with Crippen LogP contribution in [0.5, 0.6) is 5.75 Å². The van der Waals surface area contributed by atoms with Crippen LogP contribution in [0.25, 0.3) is 0 Å². The predicted molar refractivity (Wildman–Crippen MR) is 107 cm³/mol. The third-order valence-electron chi connectivity index (χ3n) is 4.71. The highest BCUT2D eigenvalue weighted by Gasteiger charge is 2.27. The van der Waals surface area contributed by atoms with E-state index in [0.717, 1.165) is 24.5 Å². The molecule has 0 saturated carbocycles. The molecule has 4 nitrogen and oxygen atoms in total. The number of hydrogen-bond donors (Lipinski definition) is 0. The highest BCUT2D eigenvalue weighted by molar-refractivity contribution is 5.70. The molecule has 2 radical (unpaired) electrons. The van der Waals surface area contributed by atoms with Crippen molar-refractivity contribution in [2.45, 2.75) is 27.7 Å².